The molecule has 0 aliphatic carbocycles. The minimum atomic E-state index is -0.0686. The van der Waals surface area contributed by atoms with Crippen LogP contribution in [0.2, 0.25) is 0 Å². The second-order valence-corrected chi connectivity index (χ2v) is 5.98. The molecule has 2 unspecified atom stereocenters. The van der Waals surface area contributed by atoms with Crippen LogP contribution in [0, 0.1) is 0 Å². The summed E-state index contributed by atoms with van der Waals surface area (Å²) in [4.78, 5) is 14.5. The SMILES string of the molecule is COC1COCCC1NC(=O)CN1CCOc2ccccc2C1. The van der Waals surface area contributed by atoms with Gasteiger partial charge in [0.05, 0.1) is 19.2 Å². The number of methoxy groups -OCH3 is 1. The summed E-state index contributed by atoms with van der Waals surface area (Å²) in [6.45, 7) is 3.63. The zero-order valence-corrected chi connectivity index (χ0v) is 13.5. The van der Waals surface area contributed by atoms with Crippen LogP contribution in [0.1, 0.15) is 12.0 Å². The summed E-state index contributed by atoms with van der Waals surface area (Å²) < 4.78 is 16.5. The van der Waals surface area contributed by atoms with Gasteiger partial charge in [0, 0.05) is 32.4 Å². The molecule has 2 heterocycles. The van der Waals surface area contributed by atoms with E-state index in [0.717, 1.165) is 30.8 Å². The molecular formula is C17H24N2O4. The molecule has 23 heavy (non-hydrogen) atoms. The molecule has 0 bridgehead atoms. The van der Waals surface area contributed by atoms with Crippen LogP contribution in [0.15, 0.2) is 24.3 Å². The molecule has 2 aliphatic rings. The summed E-state index contributed by atoms with van der Waals surface area (Å²) in [5.74, 6) is 0.942. The highest BCUT2D eigenvalue weighted by molar-refractivity contribution is 5.78. The summed E-state index contributed by atoms with van der Waals surface area (Å²) in [6, 6.07) is 8.01. The van der Waals surface area contributed by atoms with Crippen LogP contribution >= 0.6 is 0 Å². The number of nitrogens with zero attached hydrogens (tertiary/aromatic N) is 1. The van der Waals surface area contributed by atoms with Crippen LogP contribution in [0.5, 0.6) is 5.75 Å². The molecular weight excluding hydrogens is 296 g/mol. The van der Waals surface area contributed by atoms with Gasteiger partial charge in [0.2, 0.25) is 5.91 Å². The number of carbonyl (C=O) groups is 1. The normalized spacial score (nSPS) is 25.1. The Labute approximate surface area is 136 Å². The molecule has 2 aliphatic heterocycles. The van der Waals surface area contributed by atoms with Crippen molar-refractivity contribution in [1.29, 1.82) is 0 Å². The minimum Gasteiger partial charge on any atom is -0.492 e. The van der Waals surface area contributed by atoms with E-state index < -0.39 is 0 Å². The quantitative estimate of drug-likeness (QED) is 0.889. The van der Waals surface area contributed by atoms with Gasteiger partial charge in [-0.25, -0.2) is 0 Å². The number of rotatable bonds is 4. The van der Waals surface area contributed by atoms with Crippen molar-refractivity contribution >= 4 is 5.91 Å². The maximum absolute atomic E-state index is 12.4. The zero-order chi connectivity index (χ0) is 16.1. The van der Waals surface area contributed by atoms with Gasteiger partial charge in [-0.1, -0.05) is 18.2 Å². The van der Waals surface area contributed by atoms with Crippen LogP contribution in [0.4, 0.5) is 0 Å². The summed E-state index contributed by atoms with van der Waals surface area (Å²) in [5, 5.41) is 3.09. The Morgan fingerprint density at radius 3 is 3.13 bits per heavy atom. The highest BCUT2D eigenvalue weighted by Gasteiger charge is 2.27. The Balaban J connectivity index is 1.55. The van der Waals surface area contributed by atoms with E-state index in [2.05, 4.69) is 10.2 Å². The second-order valence-electron chi connectivity index (χ2n) is 5.98. The first-order valence-corrected chi connectivity index (χ1v) is 8.09. The lowest BCUT2D eigenvalue weighted by Crippen LogP contribution is -2.51. The number of hydrogen-bond acceptors (Lipinski definition) is 5. The molecule has 126 valence electrons. The predicted octanol–water partition coefficient (Wildman–Crippen LogP) is 0.801. The summed E-state index contributed by atoms with van der Waals surface area (Å²) in [7, 11) is 1.65. The lowest BCUT2D eigenvalue weighted by atomic mass is 10.1. The predicted molar refractivity (Wildman–Crippen MR) is 85.4 cm³/mol. The van der Waals surface area contributed by atoms with Gasteiger partial charge in [-0.2, -0.15) is 0 Å². The smallest absolute Gasteiger partial charge is 0.234 e. The fraction of sp³-hybridized carbons (Fsp3) is 0.588. The van der Waals surface area contributed by atoms with Crippen LogP contribution in [-0.2, 0) is 20.8 Å². The highest BCUT2D eigenvalue weighted by atomic mass is 16.5. The first kappa shape index (κ1) is 16.2. The van der Waals surface area contributed by atoms with Gasteiger partial charge in [-0.15, -0.1) is 0 Å². The van der Waals surface area contributed by atoms with E-state index in [9.17, 15) is 4.79 Å². The van der Waals surface area contributed by atoms with E-state index in [1.807, 2.05) is 24.3 Å². The topological polar surface area (TPSA) is 60.0 Å². The Kier molecular flexibility index (Phi) is 5.48. The zero-order valence-electron chi connectivity index (χ0n) is 13.5. The average Bonchev–Trinajstić information content (AvgIpc) is 2.76. The van der Waals surface area contributed by atoms with E-state index in [-0.39, 0.29) is 18.1 Å². The molecule has 1 fully saturated rings. The molecule has 6 nitrogen and oxygen atoms in total. The van der Waals surface area contributed by atoms with Crippen LogP contribution in [0.3, 0.4) is 0 Å². The third-order valence-electron chi connectivity index (χ3n) is 4.35. The van der Waals surface area contributed by atoms with Crippen molar-refractivity contribution in [3.63, 3.8) is 0 Å². The minimum absolute atomic E-state index is 0.0248. The van der Waals surface area contributed by atoms with E-state index in [1.54, 1.807) is 7.11 Å². The molecule has 0 radical (unpaired) electrons. The number of nitrogens with one attached hydrogen (secondary N) is 1. The van der Waals surface area contributed by atoms with Gasteiger partial charge in [-0.3, -0.25) is 9.69 Å². The molecule has 2 atom stereocenters. The molecule has 0 aromatic heterocycles. The molecule has 1 amide bonds. The molecule has 0 saturated carbocycles. The van der Waals surface area contributed by atoms with Crippen LogP contribution in [-0.4, -0.2) is 63.0 Å². The number of hydrogen-bond donors (Lipinski definition) is 1. The summed E-state index contributed by atoms with van der Waals surface area (Å²) in [5.41, 5.74) is 1.12. The number of amides is 1. The number of para-hydroxylation sites is 1. The van der Waals surface area contributed by atoms with E-state index >= 15 is 0 Å². The van der Waals surface area contributed by atoms with Gasteiger partial charge in [0.15, 0.2) is 0 Å². The fourth-order valence-electron chi connectivity index (χ4n) is 3.08. The molecule has 3 rings (SSSR count). The van der Waals surface area contributed by atoms with E-state index in [0.29, 0.717) is 26.4 Å². The summed E-state index contributed by atoms with van der Waals surface area (Å²) in [6.07, 6.45) is 0.719. The average molecular weight is 320 g/mol. The molecule has 0 spiro atoms. The van der Waals surface area contributed by atoms with Crippen LogP contribution in [0.25, 0.3) is 0 Å². The largest absolute Gasteiger partial charge is 0.492 e. The van der Waals surface area contributed by atoms with Gasteiger partial charge in [0.25, 0.3) is 0 Å². The molecule has 6 heteroatoms. The van der Waals surface area contributed by atoms with Crippen molar-refractivity contribution in [2.24, 2.45) is 0 Å². The second kappa shape index (κ2) is 7.77. The third kappa shape index (κ3) is 4.22. The van der Waals surface area contributed by atoms with Crippen molar-refractivity contribution < 1.29 is 19.0 Å². The lowest BCUT2D eigenvalue weighted by molar-refractivity contribution is -0.126. The maximum atomic E-state index is 12.4. The van der Waals surface area contributed by atoms with Gasteiger partial charge in [0.1, 0.15) is 18.5 Å². The first-order valence-electron chi connectivity index (χ1n) is 8.09. The maximum Gasteiger partial charge on any atom is 0.234 e. The number of benzene rings is 1. The van der Waals surface area contributed by atoms with Gasteiger partial charge in [-0.05, 0) is 12.5 Å². The Bertz CT molecular complexity index is 537. The van der Waals surface area contributed by atoms with E-state index in [1.165, 1.54) is 0 Å². The fourth-order valence-corrected chi connectivity index (χ4v) is 3.08. The molecule has 1 aromatic carbocycles. The Morgan fingerprint density at radius 2 is 2.26 bits per heavy atom. The van der Waals surface area contributed by atoms with Crippen LogP contribution < -0.4 is 10.1 Å². The third-order valence-corrected chi connectivity index (χ3v) is 4.35. The number of ether oxygens (including phenoxy) is 3. The van der Waals surface area contributed by atoms with E-state index in [4.69, 9.17) is 14.2 Å². The van der Waals surface area contributed by atoms with Crippen molar-refractivity contribution in [3.8, 4) is 5.75 Å². The van der Waals surface area contributed by atoms with Crippen molar-refractivity contribution in [3.05, 3.63) is 29.8 Å². The Morgan fingerprint density at radius 1 is 1.39 bits per heavy atom. The first-order chi connectivity index (χ1) is 11.3. The number of carbonyl (C=O) groups excluding carboxylic acids is 1. The number of fused-ring (bicyclic) bond motifs is 1. The standard InChI is InChI=1S/C17H24N2O4/c1-21-16-12-22-8-6-14(16)18-17(20)11-19-7-9-23-15-5-3-2-4-13(15)10-19/h2-5,14,16H,6-12H2,1H3,(H,18,20). The van der Waals surface area contributed by atoms with Crippen molar-refractivity contribution in [2.75, 3.05) is 40.0 Å². The molecule has 1 saturated heterocycles. The highest BCUT2D eigenvalue weighted by Crippen LogP contribution is 2.22. The molecule has 1 N–H and O–H groups in total. The summed E-state index contributed by atoms with van der Waals surface area (Å²) >= 11 is 0. The lowest BCUT2D eigenvalue weighted by Gasteiger charge is -2.31. The van der Waals surface area contributed by atoms with Gasteiger partial charge < -0.3 is 19.5 Å². The van der Waals surface area contributed by atoms with Gasteiger partial charge >= 0.3 is 0 Å². The Hall–Kier alpha value is -1.63. The van der Waals surface area contributed by atoms with Crippen molar-refractivity contribution in [1.82, 2.24) is 10.2 Å². The monoisotopic (exact) mass is 320 g/mol. The van der Waals surface area contributed by atoms with Crippen molar-refractivity contribution in [2.45, 2.75) is 25.1 Å². The molecule has 1 aromatic rings.